The Morgan fingerprint density at radius 3 is 2.41 bits per heavy atom. The molecule has 1 aromatic heterocycles. The molecule has 0 aliphatic carbocycles. The van der Waals surface area contributed by atoms with E-state index < -0.39 is 0 Å². The molecule has 1 aliphatic heterocycles. The molecule has 0 saturated heterocycles. The molecule has 0 saturated carbocycles. The Hall–Kier alpha value is -2.92. The number of aromatic nitrogens is 2. The average molecular weight is 408 g/mol. The first-order valence-corrected chi connectivity index (χ1v) is 10.2. The zero-order valence-electron chi connectivity index (χ0n) is 16.2. The molecule has 0 fully saturated rings. The number of ketones is 1. The van der Waals surface area contributed by atoms with Crippen molar-refractivity contribution in [2.24, 2.45) is 0 Å². The molecule has 3 aromatic rings. The number of carbonyl (C=O) groups is 2. The van der Waals surface area contributed by atoms with Gasteiger partial charge in [0.2, 0.25) is 0 Å². The van der Waals surface area contributed by atoms with Crippen LogP contribution in [-0.4, -0.2) is 21.2 Å². The van der Waals surface area contributed by atoms with E-state index >= 15 is 0 Å². The quantitative estimate of drug-likeness (QED) is 0.590. The highest BCUT2D eigenvalue weighted by Gasteiger charge is 2.24. The van der Waals surface area contributed by atoms with Crippen LogP contribution in [0.1, 0.15) is 52.7 Å². The van der Waals surface area contributed by atoms with Crippen molar-refractivity contribution in [3.63, 3.8) is 0 Å². The lowest BCUT2D eigenvalue weighted by Gasteiger charge is -2.09. The van der Waals surface area contributed by atoms with E-state index in [-0.39, 0.29) is 11.7 Å². The van der Waals surface area contributed by atoms with Crippen molar-refractivity contribution in [1.82, 2.24) is 9.55 Å². The summed E-state index contributed by atoms with van der Waals surface area (Å²) >= 11 is 6.03. The lowest BCUT2D eigenvalue weighted by molar-refractivity contribution is 0.101. The minimum Gasteiger partial charge on any atom is -0.327 e. The summed E-state index contributed by atoms with van der Waals surface area (Å²) in [5.41, 5.74) is 3.65. The van der Waals surface area contributed by atoms with Gasteiger partial charge in [0.1, 0.15) is 11.5 Å². The Kier molecular flexibility index (Phi) is 5.49. The van der Waals surface area contributed by atoms with Crippen LogP contribution in [0, 0.1) is 0 Å². The number of benzene rings is 2. The van der Waals surface area contributed by atoms with Crippen LogP contribution < -0.4 is 5.32 Å². The van der Waals surface area contributed by atoms with E-state index in [2.05, 4.69) is 9.88 Å². The fraction of sp³-hybridized carbons (Fsp3) is 0.261. The minimum absolute atomic E-state index is 0.00472. The van der Waals surface area contributed by atoms with E-state index in [1.807, 2.05) is 24.3 Å². The number of nitrogens with zero attached hydrogens (tertiary/aromatic N) is 2. The third-order valence-electron chi connectivity index (χ3n) is 5.23. The molecule has 0 spiro atoms. The second kappa shape index (κ2) is 8.21. The summed E-state index contributed by atoms with van der Waals surface area (Å²) in [6.45, 7) is 2.37. The van der Waals surface area contributed by atoms with Crippen molar-refractivity contribution >= 4 is 29.0 Å². The highest BCUT2D eigenvalue weighted by atomic mass is 35.5. The van der Waals surface area contributed by atoms with Crippen LogP contribution >= 0.6 is 11.6 Å². The van der Waals surface area contributed by atoms with Crippen LogP contribution in [-0.2, 0) is 13.0 Å². The Morgan fingerprint density at radius 2 is 1.72 bits per heavy atom. The van der Waals surface area contributed by atoms with Gasteiger partial charge in [-0.25, -0.2) is 4.98 Å². The van der Waals surface area contributed by atoms with Crippen molar-refractivity contribution < 1.29 is 9.59 Å². The predicted octanol–water partition coefficient (Wildman–Crippen LogP) is 5.38. The van der Waals surface area contributed by atoms with Crippen LogP contribution in [0.5, 0.6) is 0 Å². The lowest BCUT2D eigenvalue weighted by Crippen LogP contribution is -2.15. The van der Waals surface area contributed by atoms with Crippen molar-refractivity contribution in [1.29, 1.82) is 0 Å². The summed E-state index contributed by atoms with van der Waals surface area (Å²) in [4.78, 5) is 29.2. The fourth-order valence-electron chi connectivity index (χ4n) is 3.70. The Balaban J connectivity index is 1.68. The van der Waals surface area contributed by atoms with E-state index in [1.54, 1.807) is 24.3 Å². The maximum Gasteiger partial charge on any atom is 0.276 e. The van der Waals surface area contributed by atoms with Crippen LogP contribution in [0.3, 0.4) is 0 Å². The number of hydrogen-bond donors (Lipinski definition) is 1. The number of nitrogens with one attached hydrogen (secondary N) is 1. The third kappa shape index (κ3) is 4.10. The lowest BCUT2D eigenvalue weighted by atomic mass is 10.1. The SMILES string of the molecule is CC(=O)c1ccc(NC(=O)c2nc(-c3ccc(Cl)cc3)n3c2CCCCC3)cc1. The fourth-order valence-corrected chi connectivity index (χ4v) is 3.83. The maximum atomic E-state index is 13.0. The number of anilines is 1. The van der Waals surface area contributed by atoms with Crippen molar-refractivity contribution in [2.75, 3.05) is 5.32 Å². The van der Waals surface area contributed by atoms with E-state index in [0.29, 0.717) is 22.0 Å². The van der Waals surface area contributed by atoms with Gasteiger partial charge in [-0.05, 0) is 74.7 Å². The number of imidazole rings is 1. The number of Topliss-reactive ketones (excluding diaryl/α,β-unsaturated/α-hetero) is 1. The number of hydrogen-bond acceptors (Lipinski definition) is 3. The van der Waals surface area contributed by atoms with Crippen LogP contribution in [0.4, 0.5) is 5.69 Å². The molecule has 29 heavy (non-hydrogen) atoms. The number of carbonyl (C=O) groups excluding carboxylic acids is 2. The van der Waals surface area contributed by atoms with Gasteiger partial charge >= 0.3 is 0 Å². The standard InChI is InChI=1S/C23H22ClN3O2/c1-15(28)16-8-12-19(13-9-16)25-23(29)21-20-5-3-2-4-14-27(20)22(26-21)17-6-10-18(24)11-7-17/h6-13H,2-5,14H2,1H3,(H,25,29). The molecule has 2 heterocycles. The molecular formula is C23H22ClN3O2. The Morgan fingerprint density at radius 1 is 1.00 bits per heavy atom. The van der Waals surface area contributed by atoms with Gasteiger partial charge in [-0.3, -0.25) is 9.59 Å². The van der Waals surface area contributed by atoms with Gasteiger partial charge in [-0.15, -0.1) is 0 Å². The number of halogens is 1. The van der Waals surface area contributed by atoms with Crippen LogP contribution in [0.15, 0.2) is 48.5 Å². The highest BCUT2D eigenvalue weighted by Crippen LogP contribution is 2.28. The Labute approximate surface area is 174 Å². The van der Waals surface area contributed by atoms with Gasteiger partial charge in [0.05, 0.1) is 5.69 Å². The first-order chi connectivity index (χ1) is 14.0. The average Bonchev–Trinajstić information content (AvgIpc) is 2.90. The Bertz CT molecular complexity index is 1050. The van der Waals surface area contributed by atoms with Crippen LogP contribution in [0.25, 0.3) is 11.4 Å². The van der Waals surface area contributed by atoms with E-state index in [4.69, 9.17) is 16.6 Å². The molecule has 1 aliphatic rings. The molecule has 0 unspecified atom stereocenters. The summed E-state index contributed by atoms with van der Waals surface area (Å²) < 4.78 is 2.17. The smallest absolute Gasteiger partial charge is 0.276 e. The topological polar surface area (TPSA) is 64.0 Å². The first-order valence-electron chi connectivity index (χ1n) is 9.80. The van der Waals surface area contributed by atoms with Crippen molar-refractivity contribution in [2.45, 2.75) is 39.2 Å². The molecule has 1 N–H and O–H groups in total. The monoisotopic (exact) mass is 407 g/mol. The predicted molar refractivity (Wildman–Crippen MR) is 115 cm³/mol. The summed E-state index contributed by atoms with van der Waals surface area (Å²) in [5.74, 6) is 0.567. The van der Waals surface area contributed by atoms with Gasteiger partial charge < -0.3 is 9.88 Å². The molecule has 0 radical (unpaired) electrons. The highest BCUT2D eigenvalue weighted by molar-refractivity contribution is 6.30. The molecule has 5 nitrogen and oxygen atoms in total. The maximum absolute atomic E-state index is 13.0. The summed E-state index contributed by atoms with van der Waals surface area (Å²) in [7, 11) is 0. The number of rotatable bonds is 4. The largest absolute Gasteiger partial charge is 0.327 e. The van der Waals surface area contributed by atoms with E-state index in [1.165, 1.54) is 6.92 Å². The molecule has 1 amide bonds. The van der Waals surface area contributed by atoms with Crippen molar-refractivity contribution in [3.05, 3.63) is 70.5 Å². The normalized spacial score (nSPS) is 13.4. The zero-order chi connectivity index (χ0) is 20.4. The molecular weight excluding hydrogens is 386 g/mol. The summed E-state index contributed by atoms with van der Waals surface area (Å²) in [6, 6.07) is 14.5. The second-order valence-electron chi connectivity index (χ2n) is 7.29. The van der Waals surface area contributed by atoms with Crippen LogP contribution in [0.2, 0.25) is 5.02 Å². The molecule has 2 aromatic carbocycles. The van der Waals surface area contributed by atoms with Gasteiger partial charge in [-0.2, -0.15) is 0 Å². The number of amides is 1. The van der Waals surface area contributed by atoms with Gasteiger partial charge in [0, 0.05) is 28.4 Å². The molecule has 6 heteroatoms. The van der Waals surface area contributed by atoms with E-state index in [0.717, 1.165) is 49.3 Å². The van der Waals surface area contributed by atoms with E-state index in [9.17, 15) is 9.59 Å². The minimum atomic E-state index is -0.230. The second-order valence-corrected chi connectivity index (χ2v) is 7.72. The summed E-state index contributed by atoms with van der Waals surface area (Å²) in [5, 5.41) is 3.59. The number of fused-ring (bicyclic) bond motifs is 1. The van der Waals surface area contributed by atoms with Crippen molar-refractivity contribution in [3.8, 4) is 11.4 Å². The van der Waals surface area contributed by atoms with Gasteiger partial charge in [-0.1, -0.05) is 18.0 Å². The summed E-state index contributed by atoms with van der Waals surface area (Å²) in [6.07, 6.45) is 4.07. The molecule has 0 atom stereocenters. The van der Waals surface area contributed by atoms with Gasteiger partial charge in [0.25, 0.3) is 5.91 Å². The molecule has 0 bridgehead atoms. The first kappa shape index (κ1) is 19.4. The zero-order valence-corrected chi connectivity index (χ0v) is 17.0. The molecule has 148 valence electrons. The molecule has 4 rings (SSSR count). The van der Waals surface area contributed by atoms with Gasteiger partial charge in [0.15, 0.2) is 5.78 Å². The third-order valence-corrected chi connectivity index (χ3v) is 5.49.